The van der Waals surface area contributed by atoms with E-state index in [2.05, 4.69) is 22.1 Å². The minimum absolute atomic E-state index is 0.0294. The highest BCUT2D eigenvalue weighted by molar-refractivity contribution is 7.90. The maximum atomic E-state index is 12.6. The molecule has 28 heavy (non-hydrogen) atoms. The van der Waals surface area contributed by atoms with Gasteiger partial charge in [-0.2, -0.15) is 13.5 Å². The Morgan fingerprint density at radius 1 is 1.25 bits per heavy atom. The minimum atomic E-state index is -4.04. The van der Waals surface area contributed by atoms with Crippen molar-refractivity contribution in [3.05, 3.63) is 34.8 Å². The van der Waals surface area contributed by atoms with Gasteiger partial charge in [0.15, 0.2) is 5.03 Å². The van der Waals surface area contributed by atoms with Gasteiger partial charge in [-0.15, -0.1) is 0 Å². The summed E-state index contributed by atoms with van der Waals surface area (Å²) >= 11 is 0. The first-order chi connectivity index (χ1) is 13.3. The van der Waals surface area contributed by atoms with Crippen LogP contribution in [0, 0.1) is 0 Å². The van der Waals surface area contributed by atoms with E-state index in [1.54, 1.807) is 6.20 Å². The summed E-state index contributed by atoms with van der Waals surface area (Å²) in [6, 6.07) is 0.655. The largest absolute Gasteiger partial charge is 0.333 e. The van der Waals surface area contributed by atoms with E-state index in [9.17, 15) is 13.2 Å². The number of fused-ring (bicyclic) bond motifs is 2. The summed E-state index contributed by atoms with van der Waals surface area (Å²) in [5, 5.41) is 6.69. The second-order valence-corrected chi connectivity index (χ2v) is 9.49. The summed E-state index contributed by atoms with van der Waals surface area (Å²) in [6.45, 7) is 5.93. The number of nitrogens with zero attached hydrogens (tertiary/aromatic N) is 3. The minimum Gasteiger partial charge on any atom is -0.306 e. The molecular formula is C19H25N5O3S. The van der Waals surface area contributed by atoms with Crippen LogP contribution < -0.4 is 10.0 Å². The second-order valence-electron chi connectivity index (χ2n) is 7.86. The van der Waals surface area contributed by atoms with Crippen molar-refractivity contribution in [2.24, 2.45) is 0 Å². The highest BCUT2D eigenvalue weighted by Crippen LogP contribution is 2.41. The Balaban J connectivity index is 1.58. The Labute approximate surface area is 164 Å². The van der Waals surface area contributed by atoms with E-state index in [4.69, 9.17) is 4.98 Å². The molecule has 2 N–H and O–H groups in total. The lowest BCUT2D eigenvalue weighted by atomic mass is 10.0. The van der Waals surface area contributed by atoms with Gasteiger partial charge >= 0.3 is 6.03 Å². The third-order valence-electron chi connectivity index (χ3n) is 5.50. The lowest BCUT2D eigenvalue weighted by Gasteiger charge is -2.16. The first-order valence-corrected chi connectivity index (χ1v) is 11.2. The van der Waals surface area contributed by atoms with Gasteiger partial charge in [0.25, 0.3) is 10.0 Å². The van der Waals surface area contributed by atoms with Crippen molar-refractivity contribution in [2.75, 3.05) is 5.32 Å². The first kappa shape index (κ1) is 18.9. The van der Waals surface area contributed by atoms with E-state index < -0.39 is 16.1 Å². The molecule has 2 aliphatic rings. The number of carbonyl (C=O) groups excluding carboxylic acids is 1. The van der Waals surface area contributed by atoms with Gasteiger partial charge < -0.3 is 5.32 Å². The van der Waals surface area contributed by atoms with Crippen molar-refractivity contribution in [2.45, 2.75) is 69.9 Å². The number of hydrogen-bond acceptors (Lipinski definition) is 5. The van der Waals surface area contributed by atoms with Crippen LogP contribution in [0.3, 0.4) is 0 Å². The normalized spacial score (nSPS) is 18.2. The maximum absolute atomic E-state index is 12.6. The van der Waals surface area contributed by atoms with Crippen molar-refractivity contribution in [1.82, 2.24) is 19.5 Å². The van der Waals surface area contributed by atoms with Crippen molar-refractivity contribution >= 4 is 21.7 Å². The molecule has 2 heterocycles. The van der Waals surface area contributed by atoms with Gasteiger partial charge in [0.1, 0.15) is 0 Å². The van der Waals surface area contributed by atoms with Crippen LogP contribution in [0.1, 0.15) is 68.1 Å². The van der Waals surface area contributed by atoms with E-state index in [0.717, 1.165) is 60.3 Å². The predicted octanol–water partition coefficient (Wildman–Crippen LogP) is 2.91. The molecule has 8 nitrogen and oxygen atoms in total. The smallest absolute Gasteiger partial charge is 0.306 e. The van der Waals surface area contributed by atoms with Crippen LogP contribution in [0.4, 0.5) is 10.5 Å². The van der Waals surface area contributed by atoms with Gasteiger partial charge in [0, 0.05) is 23.6 Å². The van der Waals surface area contributed by atoms with Crippen LogP contribution >= 0.6 is 0 Å². The number of hydrogen-bond donors (Lipinski definition) is 2. The molecule has 150 valence electrons. The first-order valence-electron chi connectivity index (χ1n) is 9.69. The standard InChI is InChI=1S/C19H25N5O3S/c1-11(2)24-10-9-16(22-24)28(26,27)23-19(25)21-18-13-5-4-6-15(13)20-17-12(3)7-8-14(17)18/h9-12H,4-8H2,1-3H3,(H2,20,21,23,25). The van der Waals surface area contributed by atoms with Crippen LogP contribution in [-0.4, -0.2) is 29.2 Å². The van der Waals surface area contributed by atoms with Crippen LogP contribution in [0.15, 0.2) is 17.3 Å². The van der Waals surface area contributed by atoms with Gasteiger partial charge in [-0.05, 0) is 69.1 Å². The molecule has 1 unspecified atom stereocenters. The Kier molecular flexibility index (Phi) is 4.65. The number of amides is 2. The third kappa shape index (κ3) is 3.28. The zero-order valence-corrected chi connectivity index (χ0v) is 17.1. The van der Waals surface area contributed by atoms with Crippen LogP contribution in [0.25, 0.3) is 0 Å². The molecule has 0 radical (unpaired) electrons. The Bertz CT molecular complexity index is 1040. The van der Waals surface area contributed by atoms with E-state index in [1.807, 2.05) is 13.8 Å². The number of nitrogens with one attached hydrogen (secondary N) is 2. The molecule has 0 aromatic carbocycles. The number of urea groups is 1. The summed E-state index contributed by atoms with van der Waals surface area (Å²) in [4.78, 5) is 17.4. The number of carbonyl (C=O) groups is 1. The summed E-state index contributed by atoms with van der Waals surface area (Å²) in [5.74, 6) is 0.355. The quantitative estimate of drug-likeness (QED) is 0.816. The van der Waals surface area contributed by atoms with E-state index in [1.165, 1.54) is 10.7 Å². The van der Waals surface area contributed by atoms with Gasteiger partial charge in [0.05, 0.1) is 5.69 Å². The van der Waals surface area contributed by atoms with Gasteiger partial charge in [0.2, 0.25) is 0 Å². The molecule has 0 spiro atoms. The van der Waals surface area contributed by atoms with Crippen molar-refractivity contribution in [1.29, 1.82) is 0 Å². The van der Waals surface area contributed by atoms with E-state index in [0.29, 0.717) is 5.92 Å². The summed E-state index contributed by atoms with van der Waals surface area (Å²) in [6.07, 6.45) is 6.17. The van der Waals surface area contributed by atoms with Gasteiger partial charge in [-0.1, -0.05) is 6.92 Å². The molecule has 0 fully saturated rings. The van der Waals surface area contributed by atoms with Crippen molar-refractivity contribution < 1.29 is 13.2 Å². The third-order valence-corrected chi connectivity index (χ3v) is 6.73. The van der Waals surface area contributed by atoms with E-state index >= 15 is 0 Å². The highest BCUT2D eigenvalue weighted by atomic mass is 32.2. The molecule has 2 aromatic heterocycles. The average molecular weight is 404 g/mol. The number of pyridine rings is 1. The lowest BCUT2D eigenvalue weighted by Crippen LogP contribution is -2.35. The SMILES string of the molecule is CC1CCc2c1nc1c(c2NC(=O)NS(=O)(=O)c2ccn(C(C)C)n2)CCC1. The molecule has 0 aliphatic heterocycles. The Morgan fingerprint density at radius 2 is 2.04 bits per heavy atom. The number of aryl methyl sites for hydroxylation is 1. The van der Waals surface area contributed by atoms with Crippen LogP contribution in [0.5, 0.6) is 0 Å². The Hall–Kier alpha value is -2.42. The molecule has 0 bridgehead atoms. The Morgan fingerprint density at radius 3 is 2.75 bits per heavy atom. The molecule has 0 saturated heterocycles. The summed E-state index contributed by atoms with van der Waals surface area (Å²) in [7, 11) is -4.04. The second kappa shape index (κ2) is 6.88. The van der Waals surface area contributed by atoms with Crippen molar-refractivity contribution in [3.63, 3.8) is 0 Å². The fourth-order valence-corrected chi connectivity index (χ4v) is 4.86. The predicted molar refractivity (Wildman–Crippen MR) is 105 cm³/mol. The maximum Gasteiger partial charge on any atom is 0.333 e. The average Bonchev–Trinajstić information content (AvgIpc) is 3.34. The van der Waals surface area contributed by atoms with Crippen LogP contribution in [-0.2, 0) is 29.3 Å². The molecule has 2 aromatic rings. The van der Waals surface area contributed by atoms with Crippen LogP contribution in [0.2, 0.25) is 0 Å². The zero-order valence-electron chi connectivity index (χ0n) is 16.3. The molecule has 1 atom stereocenters. The summed E-state index contributed by atoms with van der Waals surface area (Å²) in [5.41, 5.74) is 4.91. The highest BCUT2D eigenvalue weighted by Gasteiger charge is 2.30. The summed E-state index contributed by atoms with van der Waals surface area (Å²) < 4.78 is 28.7. The van der Waals surface area contributed by atoms with Gasteiger partial charge in [-0.3, -0.25) is 9.67 Å². The molecular weight excluding hydrogens is 378 g/mol. The molecule has 9 heteroatoms. The monoisotopic (exact) mass is 403 g/mol. The topological polar surface area (TPSA) is 106 Å². The number of rotatable bonds is 4. The number of anilines is 1. The number of sulfonamides is 1. The fourth-order valence-electron chi connectivity index (χ4n) is 4.02. The molecule has 2 aliphatic carbocycles. The lowest BCUT2D eigenvalue weighted by molar-refractivity contribution is 0.256. The van der Waals surface area contributed by atoms with Gasteiger partial charge in [-0.25, -0.2) is 9.52 Å². The molecule has 4 rings (SSSR count). The fraction of sp³-hybridized carbons (Fsp3) is 0.526. The zero-order chi connectivity index (χ0) is 20.1. The van der Waals surface area contributed by atoms with E-state index in [-0.39, 0.29) is 11.1 Å². The van der Waals surface area contributed by atoms with Crippen molar-refractivity contribution in [3.8, 4) is 0 Å². The molecule has 0 saturated carbocycles. The number of aromatic nitrogens is 3. The molecule has 2 amide bonds.